The van der Waals surface area contributed by atoms with E-state index in [1.54, 1.807) is 10.9 Å². The lowest BCUT2D eigenvalue weighted by Crippen LogP contribution is -2.19. The summed E-state index contributed by atoms with van der Waals surface area (Å²) < 4.78 is 7.56. The Bertz CT molecular complexity index is 566. The van der Waals surface area contributed by atoms with Crippen LogP contribution in [-0.2, 0) is 13.6 Å². The van der Waals surface area contributed by atoms with Crippen LogP contribution < -0.4 is 10.1 Å². The van der Waals surface area contributed by atoms with E-state index in [2.05, 4.69) is 24.3 Å². The van der Waals surface area contributed by atoms with E-state index in [1.807, 2.05) is 31.4 Å². The molecule has 0 bridgehead atoms. The SMILES string of the molecule is CC(C)CNCc1cccc(Cl)c1Oc1cnn(C)c1. The van der Waals surface area contributed by atoms with Crippen molar-refractivity contribution in [3.05, 3.63) is 41.2 Å². The van der Waals surface area contributed by atoms with Crippen molar-refractivity contribution in [1.82, 2.24) is 15.1 Å². The number of hydrogen-bond donors (Lipinski definition) is 1. The molecule has 0 atom stereocenters. The minimum atomic E-state index is 0.608. The average molecular weight is 294 g/mol. The number of para-hydroxylation sites is 1. The van der Waals surface area contributed by atoms with Gasteiger partial charge in [-0.05, 0) is 18.5 Å². The summed E-state index contributed by atoms with van der Waals surface area (Å²) in [4.78, 5) is 0. The second-order valence-corrected chi connectivity index (χ2v) is 5.61. The first-order valence-corrected chi connectivity index (χ1v) is 7.08. The van der Waals surface area contributed by atoms with Crippen LogP contribution in [0.2, 0.25) is 5.02 Å². The Morgan fingerprint density at radius 3 is 2.85 bits per heavy atom. The zero-order valence-corrected chi connectivity index (χ0v) is 12.8. The molecule has 0 radical (unpaired) electrons. The molecule has 0 aliphatic carbocycles. The van der Waals surface area contributed by atoms with Gasteiger partial charge < -0.3 is 10.1 Å². The van der Waals surface area contributed by atoms with E-state index < -0.39 is 0 Å². The van der Waals surface area contributed by atoms with Crippen molar-refractivity contribution in [2.75, 3.05) is 6.54 Å². The Balaban J connectivity index is 2.13. The summed E-state index contributed by atoms with van der Waals surface area (Å²) in [5.41, 5.74) is 1.04. The van der Waals surface area contributed by atoms with Crippen LogP contribution in [0.5, 0.6) is 11.5 Å². The van der Waals surface area contributed by atoms with Crippen LogP contribution in [0.3, 0.4) is 0 Å². The van der Waals surface area contributed by atoms with Crippen molar-refractivity contribution in [3.63, 3.8) is 0 Å². The Hall–Kier alpha value is -1.52. The maximum absolute atomic E-state index is 6.25. The number of aryl methyl sites for hydroxylation is 1. The molecule has 0 amide bonds. The fourth-order valence-electron chi connectivity index (χ4n) is 1.87. The molecule has 0 spiro atoms. The van der Waals surface area contributed by atoms with Gasteiger partial charge in [0.25, 0.3) is 0 Å². The lowest BCUT2D eigenvalue weighted by molar-refractivity contribution is 0.469. The average Bonchev–Trinajstić information content (AvgIpc) is 2.78. The fraction of sp³-hybridized carbons (Fsp3) is 0.400. The molecule has 0 unspecified atom stereocenters. The summed E-state index contributed by atoms with van der Waals surface area (Å²) in [5.74, 6) is 1.99. The van der Waals surface area contributed by atoms with Gasteiger partial charge in [0.1, 0.15) is 0 Å². The molecule has 1 heterocycles. The van der Waals surface area contributed by atoms with Gasteiger partial charge in [0, 0.05) is 19.2 Å². The molecular formula is C15H20ClN3O. The molecular weight excluding hydrogens is 274 g/mol. The molecule has 1 aromatic heterocycles. The van der Waals surface area contributed by atoms with Crippen molar-refractivity contribution in [3.8, 4) is 11.5 Å². The molecule has 0 saturated carbocycles. The van der Waals surface area contributed by atoms with Crippen LogP contribution in [-0.4, -0.2) is 16.3 Å². The van der Waals surface area contributed by atoms with Crippen LogP contribution in [0.4, 0.5) is 0 Å². The molecule has 0 aliphatic heterocycles. The van der Waals surface area contributed by atoms with Crippen molar-refractivity contribution < 1.29 is 4.74 Å². The van der Waals surface area contributed by atoms with Crippen molar-refractivity contribution in [1.29, 1.82) is 0 Å². The normalized spacial score (nSPS) is 11.1. The molecule has 0 fully saturated rings. The van der Waals surface area contributed by atoms with Gasteiger partial charge in [0.15, 0.2) is 11.5 Å². The number of nitrogens with one attached hydrogen (secondary N) is 1. The van der Waals surface area contributed by atoms with Crippen LogP contribution in [0, 0.1) is 5.92 Å². The number of halogens is 1. The molecule has 5 heteroatoms. The van der Waals surface area contributed by atoms with Gasteiger partial charge in [-0.15, -0.1) is 0 Å². The highest BCUT2D eigenvalue weighted by atomic mass is 35.5. The zero-order valence-electron chi connectivity index (χ0n) is 12.1. The highest BCUT2D eigenvalue weighted by molar-refractivity contribution is 6.32. The standard InChI is InChI=1S/C15H20ClN3O/c1-11(2)7-17-8-12-5-4-6-14(16)15(12)20-13-9-18-19(3)10-13/h4-6,9-11,17H,7-8H2,1-3H3. The third-order valence-corrected chi connectivity index (χ3v) is 3.12. The topological polar surface area (TPSA) is 39.1 Å². The van der Waals surface area contributed by atoms with E-state index >= 15 is 0 Å². The number of ether oxygens (including phenoxy) is 1. The molecule has 108 valence electrons. The number of hydrogen-bond acceptors (Lipinski definition) is 3. The second-order valence-electron chi connectivity index (χ2n) is 5.20. The Morgan fingerprint density at radius 2 is 2.20 bits per heavy atom. The zero-order chi connectivity index (χ0) is 14.5. The molecule has 0 saturated heterocycles. The number of rotatable bonds is 6. The molecule has 1 N–H and O–H groups in total. The van der Waals surface area contributed by atoms with E-state index in [4.69, 9.17) is 16.3 Å². The second kappa shape index (κ2) is 6.77. The van der Waals surface area contributed by atoms with Gasteiger partial charge >= 0.3 is 0 Å². The molecule has 2 rings (SSSR count). The van der Waals surface area contributed by atoms with E-state index in [0.29, 0.717) is 22.4 Å². The molecule has 0 aliphatic rings. The smallest absolute Gasteiger partial charge is 0.165 e. The van der Waals surface area contributed by atoms with Crippen LogP contribution >= 0.6 is 11.6 Å². The summed E-state index contributed by atoms with van der Waals surface area (Å²) in [6, 6.07) is 5.79. The van der Waals surface area contributed by atoms with E-state index in [1.165, 1.54) is 0 Å². The molecule has 1 aromatic carbocycles. The Kier molecular flexibility index (Phi) is 5.04. The maximum atomic E-state index is 6.25. The third kappa shape index (κ3) is 3.99. The van der Waals surface area contributed by atoms with Crippen LogP contribution in [0.25, 0.3) is 0 Å². The predicted molar refractivity (Wildman–Crippen MR) is 81.3 cm³/mol. The van der Waals surface area contributed by atoms with E-state index in [0.717, 1.165) is 18.7 Å². The van der Waals surface area contributed by atoms with Crippen molar-refractivity contribution in [2.45, 2.75) is 20.4 Å². The fourth-order valence-corrected chi connectivity index (χ4v) is 2.10. The lowest BCUT2D eigenvalue weighted by atomic mass is 10.2. The molecule has 2 aromatic rings. The number of nitrogens with zero attached hydrogens (tertiary/aromatic N) is 2. The van der Waals surface area contributed by atoms with Crippen LogP contribution in [0.1, 0.15) is 19.4 Å². The van der Waals surface area contributed by atoms with Gasteiger partial charge in [-0.2, -0.15) is 5.10 Å². The molecule has 20 heavy (non-hydrogen) atoms. The third-order valence-electron chi connectivity index (χ3n) is 2.82. The predicted octanol–water partition coefficient (Wildman–Crippen LogP) is 3.61. The number of aromatic nitrogens is 2. The van der Waals surface area contributed by atoms with Gasteiger partial charge in [-0.25, -0.2) is 0 Å². The maximum Gasteiger partial charge on any atom is 0.165 e. The summed E-state index contributed by atoms with van der Waals surface area (Å²) in [5, 5.41) is 8.10. The van der Waals surface area contributed by atoms with Gasteiger partial charge in [-0.3, -0.25) is 4.68 Å². The van der Waals surface area contributed by atoms with E-state index in [9.17, 15) is 0 Å². The van der Waals surface area contributed by atoms with Crippen LogP contribution in [0.15, 0.2) is 30.6 Å². The minimum Gasteiger partial charge on any atom is -0.452 e. The summed E-state index contributed by atoms with van der Waals surface area (Å²) >= 11 is 6.25. The monoisotopic (exact) mass is 293 g/mol. The first kappa shape index (κ1) is 14.9. The Labute approximate surface area is 124 Å². The van der Waals surface area contributed by atoms with E-state index in [-0.39, 0.29) is 0 Å². The van der Waals surface area contributed by atoms with Gasteiger partial charge in [0.2, 0.25) is 0 Å². The summed E-state index contributed by atoms with van der Waals surface area (Å²) in [6.45, 7) is 6.04. The molecule has 4 nitrogen and oxygen atoms in total. The highest BCUT2D eigenvalue weighted by Gasteiger charge is 2.10. The minimum absolute atomic E-state index is 0.608. The summed E-state index contributed by atoms with van der Waals surface area (Å²) in [7, 11) is 1.85. The Morgan fingerprint density at radius 1 is 1.40 bits per heavy atom. The largest absolute Gasteiger partial charge is 0.452 e. The lowest BCUT2D eigenvalue weighted by Gasteiger charge is -2.13. The highest BCUT2D eigenvalue weighted by Crippen LogP contribution is 2.32. The first-order chi connectivity index (χ1) is 9.56. The quantitative estimate of drug-likeness (QED) is 0.884. The number of benzene rings is 1. The van der Waals surface area contributed by atoms with Gasteiger partial charge in [0.05, 0.1) is 17.4 Å². The first-order valence-electron chi connectivity index (χ1n) is 6.71. The van der Waals surface area contributed by atoms with Gasteiger partial charge in [-0.1, -0.05) is 37.6 Å². The van der Waals surface area contributed by atoms with Crippen molar-refractivity contribution in [2.24, 2.45) is 13.0 Å². The summed E-state index contributed by atoms with van der Waals surface area (Å²) in [6.07, 6.45) is 3.49. The van der Waals surface area contributed by atoms with Crippen molar-refractivity contribution >= 4 is 11.6 Å².